The summed E-state index contributed by atoms with van der Waals surface area (Å²) in [4.78, 5) is 10.5. The first-order valence-corrected chi connectivity index (χ1v) is 12.8. The first kappa shape index (κ1) is 22.5. The molecule has 3 aromatic carbocycles. The lowest BCUT2D eigenvalue weighted by molar-refractivity contribution is 0.961. The molecule has 0 saturated carbocycles. The van der Waals surface area contributed by atoms with E-state index in [0.29, 0.717) is 0 Å². The predicted molar refractivity (Wildman–Crippen MR) is 152 cm³/mol. The highest BCUT2D eigenvalue weighted by molar-refractivity contribution is 6.95. The summed E-state index contributed by atoms with van der Waals surface area (Å²) in [5.41, 5.74) is 14.2. The van der Waals surface area contributed by atoms with Gasteiger partial charge in [0, 0.05) is 22.3 Å². The van der Waals surface area contributed by atoms with E-state index in [1.165, 1.54) is 33.3 Å². The van der Waals surface area contributed by atoms with Gasteiger partial charge in [-0.15, -0.1) is 0 Å². The number of aromatic nitrogens is 2. The van der Waals surface area contributed by atoms with Gasteiger partial charge in [-0.25, -0.2) is 0 Å². The lowest BCUT2D eigenvalue weighted by atomic mass is 9.38. The predicted octanol–water partition coefficient (Wildman–Crippen LogP) is 5.35. The molecule has 0 amide bonds. The van der Waals surface area contributed by atoms with E-state index in [1.807, 2.05) is 0 Å². The van der Waals surface area contributed by atoms with Gasteiger partial charge in [0.05, 0.1) is 11.4 Å². The van der Waals surface area contributed by atoms with E-state index >= 15 is 0 Å². The van der Waals surface area contributed by atoms with Crippen molar-refractivity contribution >= 4 is 23.4 Å². The van der Waals surface area contributed by atoms with Crippen molar-refractivity contribution in [2.75, 3.05) is 0 Å². The zero-order valence-corrected chi connectivity index (χ0v) is 21.1. The van der Waals surface area contributed by atoms with Crippen molar-refractivity contribution in [2.45, 2.75) is 33.6 Å². The van der Waals surface area contributed by atoms with Gasteiger partial charge in [-0.3, -0.25) is 9.97 Å². The second-order valence-corrected chi connectivity index (χ2v) is 10.0. The highest BCUT2D eigenvalue weighted by atomic mass is 14.7. The van der Waals surface area contributed by atoms with Gasteiger partial charge in [0.1, 0.15) is 0 Å². The molecule has 0 atom stereocenters. The Morgan fingerprint density at radius 1 is 0.556 bits per heavy atom. The van der Waals surface area contributed by atoms with Crippen LogP contribution in [0.3, 0.4) is 0 Å². The van der Waals surface area contributed by atoms with Crippen LogP contribution in [0.2, 0.25) is 0 Å². The van der Waals surface area contributed by atoms with Gasteiger partial charge in [0.25, 0.3) is 6.71 Å². The first-order valence-electron chi connectivity index (χ1n) is 12.8. The lowest BCUT2D eigenvalue weighted by Crippen LogP contribution is -2.56. The molecule has 2 aromatic heterocycles. The average molecular weight is 464 g/mol. The number of benzene rings is 3. The van der Waals surface area contributed by atoms with Crippen molar-refractivity contribution in [1.29, 1.82) is 0 Å². The Morgan fingerprint density at radius 2 is 1.03 bits per heavy atom. The minimum atomic E-state index is -0.0537. The third-order valence-electron chi connectivity index (χ3n) is 7.31. The number of hydrogen-bond donors (Lipinski definition) is 0. The zero-order chi connectivity index (χ0) is 24.6. The maximum absolute atomic E-state index is 5.26. The summed E-state index contributed by atoms with van der Waals surface area (Å²) in [6.45, 7) is 6.54. The molecule has 36 heavy (non-hydrogen) atoms. The fourth-order valence-corrected chi connectivity index (χ4v) is 5.70. The van der Waals surface area contributed by atoms with Crippen LogP contribution >= 0.6 is 0 Å². The molecule has 1 aliphatic rings. The van der Waals surface area contributed by atoms with Gasteiger partial charge in [0.15, 0.2) is 0 Å². The van der Waals surface area contributed by atoms with Crippen molar-refractivity contribution in [2.24, 2.45) is 0 Å². The fraction of sp³-hybridized carbons (Fsp3) is 0.152. The van der Waals surface area contributed by atoms with Crippen LogP contribution in [0.1, 0.15) is 27.8 Å². The van der Waals surface area contributed by atoms with Crippen molar-refractivity contribution in [3.63, 3.8) is 0 Å². The molecule has 0 unspecified atom stereocenters. The van der Waals surface area contributed by atoms with Crippen molar-refractivity contribution in [1.82, 2.24) is 9.97 Å². The van der Waals surface area contributed by atoms with Crippen LogP contribution < -0.4 is 16.6 Å². The summed E-state index contributed by atoms with van der Waals surface area (Å²) in [5.74, 6) is 0. The second-order valence-electron chi connectivity index (χ2n) is 10.0. The molecule has 0 saturated heterocycles. The Balaban J connectivity index is 1.64. The highest BCUT2D eigenvalue weighted by Gasteiger charge is 2.29. The average Bonchev–Trinajstić information content (AvgIpc) is 2.89. The van der Waals surface area contributed by atoms with Gasteiger partial charge in [0.2, 0.25) is 0 Å². The van der Waals surface area contributed by atoms with Crippen molar-refractivity contribution in [3.8, 4) is 22.5 Å². The lowest BCUT2D eigenvalue weighted by Gasteiger charge is -2.20. The van der Waals surface area contributed by atoms with Crippen LogP contribution in [0.5, 0.6) is 0 Å². The molecular formula is C33H29BN2. The summed E-state index contributed by atoms with van der Waals surface area (Å²) in [7, 11) is 0. The fourth-order valence-electron chi connectivity index (χ4n) is 5.70. The molecule has 0 aliphatic carbocycles. The minimum Gasteiger partial charge on any atom is -0.262 e. The van der Waals surface area contributed by atoms with Crippen LogP contribution in [-0.4, -0.2) is 16.7 Å². The number of aryl methyl sites for hydroxylation is 5. The molecule has 5 aromatic rings. The summed E-state index contributed by atoms with van der Waals surface area (Å²) in [5, 5.41) is 0. The van der Waals surface area contributed by atoms with Crippen LogP contribution in [0, 0.1) is 20.8 Å². The molecule has 0 radical (unpaired) electrons. The van der Waals surface area contributed by atoms with Crippen LogP contribution in [-0.2, 0) is 12.8 Å². The number of rotatable bonds is 1. The van der Waals surface area contributed by atoms with Crippen LogP contribution in [0.25, 0.3) is 22.5 Å². The number of nitrogens with zero attached hydrogens (tertiary/aromatic N) is 2. The quantitative estimate of drug-likeness (QED) is 0.313. The summed E-state index contributed by atoms with van der Waals surface area (Å²) in [6.07, 6.45) is 1.99. The van der Waals surface area contributed by atoms with Gasteiger partial charge >= 0.3 is 0 Å². The molecule has 3 heteroatoms. The Labute approximate surface area is 214 Å². The van der Waals surface area contributed by atoms with E-state index in [9.17, 15) is 0 Å². The molecule has 0 fully saturated rings. The molecule has 0 spiro atoms. The maximum atomic E-state index is 5.26. The second kappa shape index (κ2) is 9.24. The Morgan fingerprint density at radius 3 is 1.53 bits per heavy atom. The molecule has 1 aliphatic heterocycles. The molecule has 174 valence electrons. The smallest absolute Gasteiger partial charge is 0.262 e. The normalized spacial score (nSPS) is 12.6. The van der Waals surface area contributed by atoms with Gasteiger partial charge in [-0.2, -0.15) is 0 Å². The monoisotopic (exact) mass is 464 g/mol. The Bertz CT molecular complexity index is 1470. The van der Waals surface area contributed by atoms with Gasteiger partial charge < -0.3 is 0 Å². The number of fused-ring (bicyclic) bond motifs is 10. The minimum absolute atomic E-state index is 0.0537. The molecule has 3 heterocycles. The Hall–Kier alpha value is -3.98. The summed E-state index contributed by atoms with van der Waals surface area (Å²) >= 11 is 0. The van der Waals surface area contributed by atoms with Gasteiger partial charge in [-0.05, 0) is 81.1 Å². The standard InChI is InChI=1S/C33H29BN2/c1-22-18-23(2)33(24(3)19-22)34-31-14-6-12-29(35-31)27-10-4-8-25(20-27)16-17-26-9-5-11-28(21-26)30-13-7-15-32(34)36-30/h4-15,18-21H,16-17H2,1-3H3. The SMILES string of the molecule is Cc1cc(C)c(B2c3cccc(n3)-c3cccc(c3)CCc3cccc(c3)-c3cccc2n3)c(C)c1. The molecule has 0 N–H and O–H groups in total. The largest absolute Gasteiger partial charge is 0.288 e. The van der Waals surface area contributed by atoms with Crippen molar-refractivity contribution in [3.05, 3.63) is 125 Å². The molecule has 6 rings (SSSR count). The third-order valence-corrected chi connectivity index (χ3v) is 7.31. The topological polar surface area (TPSA) is 25.8 Å². The first-order chi connectivity index (χ1) is 17.5. The Kier molecular flexibility index (Phi) is 5.77. The van der Waals surface area contributed by atoms with E-state index in [-0.39, 0.29) is 6.71 Å². The third kappa shape index (κ3) is 4.26. The van der Waals surface area contributed by atoms with Gasteiger partial charge in [-0.1, -0.05) is 82.8 Å². The number of pyridine rings is 2. The molecule has 8 bridgehead atoms. The van der Waals surface area contributed by atoms with Crippen LogP contribution in [0.15, 0.2) is 97.1 Å². The maximum Gasteiger partial charge on any atom is 0.288 e. The van der Waals surface area contributed by atoms with E-state index in [1.54, 1.807) is 0 Å². The summed E-state index contributed by atoms with van der Waals surface area (Å²) in [6, 6.07) is 35.1. The zero-order valence-electron chi connectivity index (χ0n) is 21.1. The van der Waals surface area contributed by atoms with E-state index in [2.05, 4.69) is 118 Å². The highest BCUT2D eigenvalue weighted by Crippen LogP contribution is 2.22. The van der Waals surface area contributed by atoms with Crippen LogP contribution in [0.4, 0.5) is 0 Å². The molecule has 2 nitrogen and oxygen atoms in total. The van der Waals surface area contributed by atoms with Crippen molar-refractivity contribution < 1.29 is 0 Å². The van der Waals surface area contributed by atoms with E-state index in [0.717, 1.165) is 46.5 Å². The van der Waals surface area contributed by atoms with E-state index in [4.69, 9.17) is 9.97 Å². The molecular weight excluding hydrogens is 435 g/mol. The number of hydrogen-bond acceptors (Lipinski definition) is 2. The van der Waals surface area contributed by atoms with E-state index < -0.39 is 0 Å². The summed E-state index contributed by atoms with van der Waals surface area (Å²) < 4.78 is 0.